The van der Waals surface area contributed by atoms with E-state index in [-0.39, 0.29) is 23.4 Å². The lowest BCUT2D eigenvalue weighted by atomic mass is 10.1. The maximum Gasteiger partial charge on any atom is 0.240 e. The van der Waals surface area contributed by atoms with Gasteiger partial charge in [0.1, 0.15) is 5.82 Å². The van der Waals surface area contributed by atoms with E-state index in [0.717, 1.165) is 17.2 Å². The molecule has 1 heterocycles. The summed E-state index contributed by atoms with van der Waals surface area (Å²) in [7, 11) is -3.73. The summed E-state index contributed by atoms with van der Waals surface area (Å²) in [5.74, 6) is 0.346. The molecule has 0 amide bonds. The highest BCUT2D eigenvalue weighted by atomic mass is 32.2. The molecule has 8 heteroatoms. The van der Waals surface area contributed by atoms with Crippen molar-refractivity contribution in [2.45, 2.75) is 25.2 Å². The van der Waals surface area contributed by atoms with Crippen molar-refractivity contribution in [3.8, 4) is 11.4 Å². The molecular weight excluding hydrogens is 357 g/mol. The van der Waals surface area contributed by atoms with Gasteiger partial charge in [0, 0.05) is 18.5 Å². The number of aromatic nitrogens is 2. The predicted octanol–water partition coefficient (Wildman–Crippen LogP) is 3.01. The monoisotopic (exact) mass is 375 g/mol. The van der Waals surface area contributed by atoms with Crippen molar-refractivity contribution in [1.29, 1.82) is 0 Å². The Morgan fingerprint density at radius 3 is 2.69 bits per heavy atom. The van der Waals surface area contributed by atoms with Crippen molar-refractivity contribution in [2.75, 3.05) is 6.54 Å². The fourth-order valence-corrected chi connectivity index (χ4v) is 3.53. The van der Waals surface area contributed by atoms with E-state index in [1.54, 1.807) is 0 Å². The number of sulfonamides is 1. The number of aryl methyl sites for hydroxylation is 2. The molecule has 0 spiro atoms. The maximum absolute atomic E-state index is 13.3. The molecule has 26 heavy (non-hydrogen) atoms. The van der Waals surface area contributed by atoms with Gasteiger partial charge in [-0.1, -0.05) is 28.9 Å². The molecule has 136 valence electrons. The minimum Gasteiger partial charge on any atom is -0.339 e. The average molecular weight is 375 g/mol. The van der Waals surface area contributed by atoms with Gasteiger partial charge < -0.3 is 4.52 Å². The van der Waals surface area contributed by atoms with E-state index < -0.39 is 15.8 Å². The van der Waals surface area contributed by atoms with Gasteiger partial charge in [0.15, 0.2) is 0 Å². The lowest BCUT2D eigenvalue weighted by molar-refractivity contribution is 0.379. The summed E-state index contributed by atoms with van der Waals surface area (Å²) in [6.07, 6.45) is 0.248. The van der Waals surface area contributed by atoms with Crippen molar-refractivity contribution in [3.63, 3.8) is 0 Å². The van der Waals surface area contributed by atoms with E-state index in [2.05, 4.69) is 14.9 Å². The Hall–Kier alpha value is -2.58. The zero-order chi connectivity index (χ0) is 18.7. The zero-order valence-electron chi connectivity index (χ0n) is 14.4. The SMILES string of the molecule is Cc1cccc(-c2noc(CCNS(=O)(=O)c3ccc(F)c(C)c3)n2)c1. The summed E-state index contributed by atoms with van der Waals surface area (Å²) in [5.41, 5.74) is 2.19. The van der Waals surface area contributed by atoms with Gasteiger partial charge in [0.25, 0.3) is 0 Å². The molecule has 3 aromatic rings. The van der Waals surface area contributed by atoms with Crippen LogP contribution in [0.3, 0.4) is 0 Å². The van der Waals surface area contributed by atoms with Crippen LogP contribution in [0.25, 0.3) is 11.4 Å². The Bertz CT molecular complexity index is 1030. The molecule has 0 unspecified atom stereocenters. The first-order valence-corrected chi connectivity index (χ1v) is 9.49. The Labute approximate surface area is 151 Å². The van der Waals surface area contributed by atoms with Gasteiger partial charge in [-0.25, -0.2) is 17.5 Å². The largest absolute Gasteiger partial charge is 0.339 e. The minimum atomic E-state index is -3.73. The van der Waals surface area contributed by atoms with Crippen molar-refractivity contribution >= 4 is 10.0 Å². The third-order valence-electron chi connectivity index (χ3n) is 3.82. The number of rotatable bonds is 6. The Kier molecular flexibility index (Phi) is 5.15. The maximum atomic E-state index is 13.3. The van der Waals surface area contributed by atoms with Gasteiger partial charge in [-0.15, -0.1) is 0 Å². The summed E-state index contributed by atoms with van der Waals surface area (Å²) in [5, 5.41) is 3.92. The van der Waals surface area contributed by atoms with Crippen LogP contribution in [-0.4, -0.2) is 25.1 Å². The summed E-state index contributed by atoms with van der Waals surface area (Å²) in [6, 6.07) is 11.3. The lowest BCUT2D eigenvalue weighted by Crippen LogP contribution is -2.26. The van der Waals surface area contributed by atoms with Crippen LogP contribution in [0.15, 0.2) is 51.9 Å². The Morgan fingerprint density at radius 2 is 1.96 bits per heavy atom. The van der Waals surface area contributed by atoms with Crippen LogP contribution in [0, 0.1) is 19.7 Å². The highest BCUT2D eigenvalue weighted by Gasteiger charge is 2.16. The quantitative estimate of drug-likeness (QED) is 0.716. The summed E-state index contributed by atoms with van der Waals surface area (Å²) in [6.45, 7) is 3.57. The van der Waals surface area contributed by atoms with Crippen LogP contribution >= 0.6 is 0 Å². The van der Waals surface area contributed by atoms with Crippen molar-refractivity contribution in [3.05, 3.63) is 65.3 Å². The molecule has 0 saturated carbocycles. The van der Waals surface area contributed by atoms with E-state index >= 15 is 0 Å². The lowest BCUT2D eigenvalue weighted by Gasteiger charge is -2.06. The fraction of sp³-hybridized carbons (Fsp3) is 0.222. The fourth-order valence-electron chi connectivity index (χ4n) is 2.42. The highest BCUT2D eigenvalue weighted by molar-refractivity contribution is 7.89. The van der Waals surface area contributed by atoms with Gasteiger partial charge in [-0.3, -0.25) is 0 Å². The molecule has 0 bridgehead atoms. The molecule has 3 rings (SSSR count). The number of hydrogen-bond acceptors (Lipinski definition) is 5. The molecule has 1 aromatic heterocycles. The van der Waals surface area contributed by atoms with Crippen LogP contribution in [0.2, 0.25) is 0 Å². The second-order valence-corrected chi connectivity index (χ2v) is 7.71. The van der Waals surface area contributed by atoms with Gasteiger partial charge >= 0.3 is 0 Å². The molecule has 0 radical (unpaired) electrons. The number of hydrogen-bond donors (Lipinski definition) is 1. The predicted molar refractivity (Wildman–Crippen MR) is 94.5 cm³/mol. The smallest absolute Gasteiger partial charge is 0.240 e. The number of benzene rings is 2. The molecule has 1 N–H and O–H groups in total. The van der Waals surface area contributed by atoms with Crippen LogP contribution < -0.4 is 4.72 Å². The van der Waals surface area contributed by atoms with E-state index in [9.17, 15) is 12.8 Å². The normalized spacial score (nSPS) is 11.7. The average Bonchev–Trinajstić information content (AvgIpc) is 3.06. The van der Waals surface area contributed by atoms with Gasteiger partial charge in [0.05, 0.1) is 4.90 Å². The minimum absolute atomic E-state index is 0.0161. The first kappa shape index (κ1) is 18.2. The van der Waals surface area contributed by atoms with Crippen LogP contribution in [0.5, 0.6) is 0 Å². The summed E-state index contributed by atoms with van der Waals surface area (Å²) < 4.78 is 45.4. The standard InChI is InChI=1S/C18H18FN3O3S/c1-12-4-3-5-14(10-12)18-21-17(25-22-18)8-9-20-26(23,24)15-6-7-16(19)13(2)11-15/h3-7,10-11,20H,8-9H2,1-2H3. The summed E-state index contributed by atoms with van der Waals surface area (Å²) in [4.78, 5) is 4.29. The molecule has 0 aliphatic rings. The first-order valence-electron chi connectivity index (χ1n) is 8.00. The molecule has 2 aromatic carbocycles. The van der Waals surface area contributed by atoms with Crippen LogP contribution in [0.4, 0.5) is 4.39 Å². The third-order valence-corrected chi connectivity index (χ3v) is 5.27. The molecule has 0 saturated heterocycles. The summed E-state index contributed by atoms with van der Waals surface area (Å²) >= 11 is 0. The van der Waals surface area contributed by atoms with E-state index in [1.165, 1.54) is 19.1 Å². The molecule has 0 aliphatic heterocycles. The second kappa shape index (κ2) is 7.35. The molecule has 0 aliphatic carbocycles. The second-order valence-electron chi connectivity index (χ2n) is 5.94. The van der Waals surface area contributed by atoms with Crippen LogP contribution in [-0.2, 0) is 16.4 Å². The third kappa shape index (κ3) is 4.14. The Morgan fingerprint density at radius 1 is 1.15 bits per heavy atom. The van der Waals surface area contributed by atoms with Gasteiger partial charge in [0.2, 0.25) is 21.7 Å². The molecule has 0 fully saturated rings. The molecule has 0 atom stereocenters. The van der Waals surface area contributed by atoms with Crippen molar-refractivity contribution in [2.24, 2.45) is 0 Å². The van der Waals surface area contributed by atoms with Gasteiger partial charge in [-0.2, -0.15) is 4.98 Å². The van der Waals surface area contributed by atoms with Crippen molar-refractivity contribution in [1.82, 2.24) is 14.9 Å². The first-order chi connectivity index (χ1) is 12.3. The number of halogens is 1. The van der Waals surface area contributed by atoms with E-state index in [4.69, 9.17) is 4.52 Å². The van der Waals surface area contributed by atoms with Gasteiger partial charge in [-0.05, 0) is 43.7 Å². The molecule has 6 nitrogen and oxygen atoms in total. The molecular formula is C18H18FN3O3S. The van der Waals surface area contributed by atoms with E-state index in [0.29, 0.717) is 11.7 Å². The highest BCUT2D eigenvalue weighted by Crippen LogP contribution is 2.17. The van der Waals surface area contributed by atoms with Crippen molar-refractivity contribution < 1.29 is 17.3 Å². The number of nitrogens with zero attached hydrogens (tertiary/aromatic N) is 2. The topological polar surface area (TPSA) is 85.1 Å². The Balaban J connectivity index is 1.64. The zero-order valence-corrected chi connectivity index (χ0v) is 15.2. The van der Waals surface area contributed by atoms with Crippen LogP contribution in [0.1, 0.15) is 17.0 Å². The number of nitrogens with one attached hydrogen (secondary N) is 1. The van der Waals surface area contributed by atoms with E-state index in [1.807, 2.05) is 31.2 Å².